The van der Waals surface area contributed by atoms with E-state index in [0.29, 0.717) is 0 Å². The van der Waals surface area contributed by atoms with E-state index in [2.05, 4.69) is 16.0 Å². The van der Waals surface area contributed by atoms with Gasteiger partial charge >= 0.3 is 18.1 Å². The first-order valence-corrected chi connectivity index (χ1v) is 10.4. The monoisotopic (exact) mass is 455 g/mol. The number of hydrogen-bond donors (Lipinski definition) is 3. The van der Waals surface area contributed by atoms with Crippen molar-refractivity contribution in [2.24, 2.45) is 0 Å². The minimum atomic E-state index is -1.09. The number of ether oxygens (including phenoxy) is 2. The predicted octanol–water partition coefficient (Wildman–Crippen LogP) is 2.69. The first-order chi connectivity index (χ1) is 15.6. The van der Waals surface area contributed by atoms with Gasteiger partial charge in [-0.2, -0.15) is 0 Å². The average molecular weight is 456 g/mol. The molecule has 0 spiro atoms. The van der Waals surface area contributed by atoms with Gasteiger partial charge in [-0.1, -0.05) is 60.7 Å². The Bertz CT molecular complexity index is 942. The van der Waals surface area contributed by atoms with Crippen LogP contribution in [-0.2, 0) is 32.1 Å². The lowest BCUT2D eigenvalue weighted by molar-refractivity contribution is -0.150. The average Bonchev–Trinajstić information content (AvgIpc) is 2.75. The first kappa shape index (κ1) is 25.4. The van der Waals surface area contributed by atoms with E-state index >= 15 is 0 Å². The standard InChI is InChI=1S/C24H29N3O6/c1-24(2,3)27-22(30)26-20(28)16-32-21(29)19(14-17-10-6-4-7-11-17)25-23(31)33-15-18-12-8-5-9-13-18/h4-13,19H,14-16H2,1-3H3,(H,25,31)(H2,26,27,28,30)/t19-/m0/s1. The van der Waals surface area contributed by atoms with Crippen LogP contribution in [-0.4, -0.2) is 42.2 Å². The molecule has 9 heteroatoms. The molecule has 0 bridgehead atoms. The molecule has 3 N–H and O–H groups in total. The molecule has 0 saturated carbocycles. The van der Waals surface area contributed by atoms with Crippen molar-refractivity contribution < 1.29 is 28.7 Å². The number of carbonyl (C=O) groups is 4. The molecule has 176 valence electrons. The van der Waals surface area contributed by atoms with Crippen LogP contribution >= 0.6 is 0 Å². The molecule has 2 aromatic carbocycles. The van der Waals surface area contributed by atoms with E-state index in [1.807, 2.05) is 24.3 Å². The number of amides is 4. The zero-order valence-corrected chi connectivity index (χ0v) is 18.9. The maximum Gasteiger partial charge on any atom is 0.408 e. The molecule has 0 aliphatic heterocycles. The normalized spacial score (nSPS) is 11.6. The van der Waals surface area contributed by atoms with Crippen molar-refractivity contribution in [3.05, 3.63) is 71.8 Å². The van der Waals surface area contributed by atoms with E-state index < -0.39 is 42.2 Å². The number of imide groups is 1. The van der Waals surface area contributed by atoms with E-state index in [4.69, 9.17) is 9.47 Å². The molecular formula is C24H29N3O6. The first-order valence-electron chi connectivity index (χ1n) is 10.4. The molecule has 0 heterocycles. The van der Waals surface area contributed by atoms with Gasteiger partial charge in [-0.3, -0.25) is 10.1 Å². The number of urea groups is 1. The molecule has 0 radical (unpaired) electrons. The van der Waals surface area contributed by atoms with Crippen molar-refractivity contribution in [3.8, 4) is 0 Å². The lowest BCUT2D eigenvalue weighted by atomic mass is 10.1. The SMILES string of the molecule is CC(C)(C)NC(=O)NC(=O)COC(=O)[C@H](Cc1ccccc1)NC(=O)OCc1ccccc1. The van der Waals surface area contributed by atoms with Gasteiger partial charge in [0, 0.05) is 12.0 Å². The Labute approximate surface area is 192 Å². The van der Waals surface area contributed by atoms with Crippen LogP contribution in [0.3, 0.4) is 0 Å². The summed E-state index contributed by atoms with van der Waals surface area (Å²) in [6.45, 7) is 4.63. The third kappa shape index (κ3) is 10.3. The van der Waals surface area contributed by atoms with Gasteiger partial charge in [-0.05, 0) is 31.9 Å². The van der Waals surface area contributed by atoms with Gasteiger partial charge < -0.3 is 20.1 Å². The summed E-state index contributed by atoms with van der Waals surface area (Å²) in [5.74, 6) is -1.63. The molecule has 2 rings (SSSR count). The van der Waals surface area contributed by atoms with Crippen molar-refractivity contribution in [2.45, 2.75) is 45.4 Å². The molecular weight excluding hydrogens is 426 g/mol. The van der Waals surface area contributed by atoms with Gasteiger partial charge in [0.05, 0.1) is 0 Å². The quantitative estimate of drug-likeness (QED) is 0.526. The van der Waals surface area contributed by atoms with Crippen LogP contribution in [0.4, 0.5) is 9.59 Å². The van der Waals surface area contributed by atoms with Crippen molar-refractivity contribution in [1.82, 2.24) is 16.0 Å². The molecule has 0 unspecified atom stereocenters. The van der Waals surface area contributed by atoms with Crippen molar-refractivity contribution >= 4 is 24.0 Å². The highest BCUT2D eigenvalue weighted by atomic mass is 16.6. The van der Waals surface area contributed by atoms with Crippen molar-refractivity contribution in [3.63, 3.8) is 0 Å². The molecule has 4 amide bonds. The Hall–Kier alpha value is -3.88. The van der Waals surface area contributed by atoms with Crippen LogP contribution in [0, 0.1) is 0 Å². The third-order valence-corrected chi connectivity index (χ3v) is 4.16. The second-order valence-electron chi connectivity index (χ2n) is 8.31. The third-order valence-electron chi connectivity index (χ3n) is 4.16. The number of esters is 1. The largest absolute Gasteiger partial charge is 0.454 e. The van der Waals surface area contributed by atoms with E-state index in [-0.39, 0.29) is 13.0 Å². The van der Waals surface area contributed by atoms with Crippen LogP contribution in [0.15, 0.2) is 60.7 Å². The van der Waals surface area contributed by atoms with E-state index in [1.165, 1.54) is 0 Å². The Balaban J connectivity index is 1.93. The van der Waals surface area contributed by atoms with E-state index in [1.54, 1.807) is 57.2 Å². The number of rotatable bonds is 8. The second-order valence-corrected chi connectivity index (χ2v) is 8.31. The number of alkyl carbamates (subject to hydrolysis) is 1. The van der Waals surface area contributed by atoms with Gasteiger partial charge in [-0.25, -0.2) is 14.4 Å². The minimum absolute atomic E-state index is 0.0328. The predicted molar refractivity (Wildman–Crippen MR) is 121 cm³/mol. The molecule has 0 aliphatic rings. The molecule has 1 atom stereocenters. The van der Waals surface area contributed by atoms with E-state index in [9.17, 15) is 19.2 Å². The fourth-order valence-electron chi connectivity index (χ4n) is 2.72. The highest BCUT2D eigenvalue weighted by molar-refractivity contribution is 5.96. The molecule has 0 saturated heterocycles. The fourth-order valence-corrected chi connectivity index (χ4v) is 2.72. The number of nitrogens with one attached hydrogen (secondary N) is 3. The summed E-state index contributed by atoms with van der Waals surface area (Å²) in [5, 5.41) is 7.13. The summed E-state index contributed by atoms with van der Waals surface area (Å²) in [5.41, 5.74) is 1.03. The summed E-state index contributed by atoms with van der Waals surface area (Å²) in [7, 11) is 0. The number of benzene rings is 2. The van der Waals surface area contributed by atoms with Crippen LogP contribution in [0.1, 0.15) is 31.9 Å². The van der Waals surface area contributed by atoms with Gasteiger partial charge in [0.2, 0.25) is 0 Å². The molecule has 33 heavy (non-hydrogen) atoms. The molecule has 0 fully saturated rings. The van der Waals surface area contributed by atoms with Gasteiger partial charge in [0.15, 0.2) is 6.61 Å². The topological polar surface area (TPSA) is 123 Å². The summed E-state index contributed by atoms with van der Waals surface area (Å²) >= 11 is 0. The van der Waals surface area contributed by atoms with Crippen molar-refractivity contribution in [2.75, 3.05) is 6.61 Å². The Kier molecular flexibility index (Phi) is 9.41. The Morgan fingerprint density at radius 1 is 0.848 bits per heavy atom. The lowest BCUT2D eigenvalue weighted by Gasteiger charge is -2.20. The smallest absolute Gasteiger partial charge is 0.408 e. The number of hydrogen-bond acceptors (Lipinski definition) is 6. The summed E-state index contributed by atoms with van der Waals surface area (Å²) in [6, 6.07) is 16.3. The molecule has 9 nitrogen and oxygen atoms in total. The second kappa shape index (κ2) is 12.2. The zero-order valence-electron chi connectivity index (χ0n) is 18.9. The maximum absolute atomic E-state index is 12.6. The van der Waals surface area contributed by atoms with Crippen LogP contribution in [0.2, 0.25) is 0 Å². The Morgan fingerprint density at radius 2 is 1.42 bits per heavy atom. The minimum Gasteiger partial charge on any atom is -0.454 e. The number of carbonyl (C=O) groups excluding carboxylic acids is 4. The van der Waals surface area contributed by atoms with Crippen LogP contribution < -0.4 is 16.0 Å². The van der Waals surface area contributed by atoms with Gasteiger partial charge in [0.25, 0.3) is 5.91 Å². The fraction of sp³-hybridized carbons (Fsp3) is 0.333. The van der Waals surface area contributed by atoms with Gasteiger partial charge in [-0.15, -0.1) is 0 Å². The van der Waals surface area contributed by atoms with Gasteiger partial charge in [0.1, 0.15) is 12.6 Å². The molecule has 2 aromatic rings. The summed E-state index contributed by atoms with van der Waals surface area (Å²) in [4.78, 5) is 48.6. The van der Waals surface area contributed by atoms with Crippen molar-refractivity contribution in [1.29, 1.82) is 0 Å². The highest BCUT2D eigenvalue weighted by Crippen LogP contribution is 2.06. The maximum atomic E-state index is 12.6. The summed E-state index contributed by atoms with van der Waals surface area (Å²) in [6.07, 6.45) is -0.669. The highest BCUT2D eigenvalue weighted by Gasteiger charge is 2.25. The van der Waals surface area contributed by atoms with Crippen LogP contribution in [0.5, 0.6) is 0 Å². The summed E-state index contributed by atoms with van der Waals surface area (Å²) < 4.78 is 10.2. The molecule has 0 aliphatic carbocycles. The zero-order chi connectivity index (χ0) is 24.3. The molecule has 0 aromatic heterocycles. The lowest BCUT2D eigenvalue weighted by Crippen LogP contribution is -2.49. The van der Waals surface area contributed by atoms with E-state index in [0.717, 1.165) is 11.1 Å². The Morgan fingerprint density at radius 3 is 2.00 bits per heavy atom. The van der Waals surface area contributed by atoms with Crippen LogP contribution in [0.25, 0.3) is 0 Å².